The molecule has 0 spiro atoms. The van der Waals surface area contributed by atoms with Gasteiger partial charge in [0.25, 0.3) is 0 Å². The summed E-state index contributed by atoms with van der Waals surface area (Å²) in [6.07, 6.45) is 7.74. The fourth-order valence-corrected chi connectivity index (χ4v) is 1.55. The van der Waals surface area contributed by atoms with Crippen LogP contribution in [-0.4, -0.2) is 0 Å². The predicted octanol–water partition coefficient (Wildman–Crippen LogP) is 2.35. The molecular formula is C10H13BrN2O. The SMILES string of the molecule is C#CCCCC(NN)c1ccc(Br)o1. The second-order valence-electron chi connectivity index (χ2n) is 2.96. The van der Waals surface area contributed by atoms with Crippen LogP contribution in [0, 0.1) is 12.3 Å². The maximum absolute atomic E-state index is 5.42. The van der Waals surface area contributed by atoms with E-state index in [0.717, 1.165) is 25.0 Å². The molecule has 3 nitrogen and oxygen atoms in total. The van der Waals surface area contributed by atoms with E-state index in [2.05, 4.69) is 27.3 Å². The lowest BCUT2D eigenvalue weighted by Gasteiger charge is -2.11. The highest BCUT2D eigenvalue weighted by atomic mass is 79.9. The van der Waals surface area contributed by atoms with Gasteiger partial charge in [-0.2, -0.15) is 0 Å². The number of hydrogen-bond acceptors (Lipinski definition) is 3. The molecule has 0 aromatic carbocycles. The first-order valence-corrected chi connectivity index (χ1v) is 5.22. The fraction of sp³-hybridized carbons (Fsp3) is 0.400. The lowest BCUT2D eigenvalue weighted by atomic mass is 10.1. The Morgan fingerprint density at radius 2 is 2.43 bits per heavy atom. The Kier molecular flexibility index (Phi) is 4.74. The Labute approximate surface area is 92.1 Å². The zero-order chi connectivity index (χ0) is 10.4. The summed E-state index contributed by atoms with van der Waals surface area (Å²) in [5, 5.41) is 0. The number of nitrogens with two attached hydrogens (primary N) is 1. The number of unbranched alkanes of at least 4 members (excludes halogenated alkanes) is 1. The third-order valence-corrected chi connectivity index (χ3v) is 2.38. The second kappa shape index (κ2) is 5.86. The Morgan fingerprint density at radius 1 is 1.64 bits per heavy atom. The van der Waals surface area contributed by atoms with E-state index in [1.807, 2.05) is 12.1 Å². The average Bonchev–Trinajstić information content (AvgIpc) is 2.60. The minimum absolute atomic E-state index is 0.0367. The van der Waals surface area contributed by atoms with E-state index in [-0.39, 0.29) is 6.04 Å². The first kappa shape index (κ1) is 11.3. The molecule has 76 valence electrons. The number of halogens is 1. The van der Waals surface area contributed by atoms with Gasteiger partial charge in [0.05, 0.1) is 6.04 Å². The number of terminal acetylenes is 1. The van der Waals surface area contributed by atoms with Gasteiger partial charge in [0.15, 0.2) is 4.67 Å². The molecule has 14 heavy (non-hydrogen) atoms. The molecule has 3 N–H and O–H groups in total. The van der Waals surface area contributed by atoms with E-state index in [1.54, 1.807) is 0 Å². The summed E-state index contributed by atoms with van der Waals surface area (Å²) in [5.41, 5.74) is 2.71. The highest BCUT2D eigenvalue weighted by molar-refractivity contribution is 9.10. The van der Waals surface area contributed by atoms with Gasteiger partial charge in [-0.1, -0.05) is 0 Å². The summed E-state index contributed by atoms with van der Waals surface area (Å²) in [6, 6.07) is 3.78. The van der Waals surface area contributed by atoms with Crippen molar-refractivity contribution < 1.29 is 4.42 Å². The van der Waals surface area contributed by atoms with Crippen LogP contribution in [-0.2, 0) is 0 Å². The van der Waals surface area contributed by atoms with E-state index in [0.29, 0.717) is 4.67 Å². The number of hydrazine groups is 1. The van der Waals surface area contributed by atoms with Crippen molar-refractivity contribution in [3.63, 3.8) is 0 Å². The first-order valence-electron chi connectivity index (χ1n) is 4.42. The Morgan fingerprint density at radius 3 is 2.93 bits per heavy atom. The van der Waals surface area contributed by atoms with Crippen molar-refractivity contribution in [1.29, 1.82) is 0 Å². The van der Waals surface area contributed by atoms with Crippen molar-refractivity contribution in [2.24, 2.45) is 5.84 Å². The maximum Gasteiger partial charge on any atom is 0.169 e. The van der Waals surface area contributed by atoms with Crippen LogP contribution in [0.2, 0.25) is 0 Å². The fourth-order valence-electron chi connectivity index (χ4n) is 1.23. The van der Waals surface area contributed by atoms with Crippen molar-refractivity contribution in [2.75, 3.05) is 0 Å². The standard InChI is InChI=1S/C10H13BrN2O/c1-2-3-4-5-8(13-12)9-6-7-10(11)14-9/h1,6-8,13H,3-5,12H2. The van der Waals surface area contributed by atoms with E-state index in [4.69, 9.17) is 16.7 Å². The second-order valence-corrected chi connectivity index (χ2v) is 3.74. The van der Waals surface area contributed by atoms with Gasteiger partial charge in [-0.3, -0.25) is 5.84 Å². The zero-order valence-electron chi connectivity index (χ0n) is 7.79. The molecule has 1 rings (SSSR count). The molecule has 4 heteroatoms. The van der Waals surface area contributed by atoms with E-state index in [9.17, 15) is 0 Å². The highest BCUT2D eigenvalue weighted by Crippen LogP contribution is 2.23. The summed E-state index contributed by atoms with van der Waals surface area (Å²) < 4.78 is 6.10. The van der Waals surface area contributed by atoms with Crippen LogP contribution >= 0.6 is 15.9 Å². The van der Waals surface area contributed by atoms with Gasteiger partial charge in [-0.25, -0.2) is 5.43 Å². The third-order valence-electron chi connectivity index (χ3n) is 1.95. The molecule has 0 radical (unpaired) electrons. The molecule has 1 aromatic rings. The normalized spacial score (nSPS) is 12.4. The molecule has 0 saturated heterocycles. The monoisotopic (exact) mass is 256 g/mol. The molecule has 0 aliphatic heterocycles. The highest BCUT2D eigenvalue weighted by Gasteiger charge is 2.12. The van der Waals surface area contributed by atoms with E-state index < -0.39 is 0 Å². The summed E-state index contributed by atoms with van der Waals surface area (Å²) in [7, 11) is 0. The van der Waals surface area contributed by atoms with Crippen molar-refractivity contribution in [1.82, 2.24) is 5.43 Å². The van der Waals surface area contributed by atoms with Gasteiger partial charge in [-0.05, 0) is 40.9 Å². The molecule has 0 fully saturated rings. The van der Waals surface area contributed by atoms with E-state index >= 15 is 0 Å². The van der Waals surface area contributed by atoms with Crippen LogP contribution in [0.3, 0.4) is 0 Å². The van der Waals surface area contributed by atoms with E-state index in [1.165, 1.54) is 0 Å². The van der Waals surface area contributed by atoms with Crippen LogP contribution < -0.4 is 11.3 Å². The topological polar surface area (TPSA) is 51.2 Å². The van der Waals surface area contributed by atoms with Crippen molar-refractivity contribution in [2.45, 2.75) is 25.3 Å². The predicted molar refractivity (Wildman–Crippen MR) is 59.2 cm³/mol. The Hall–Kier alpha value is -0.760. The van der Waals surface area contributed by atoms with Crippen LogP contribution in [0.5, 0.6) is 0 Å². The first-order chi connectivity index (χ1) is 6.77. The van der Waals surface area contributed by atoms with Crippen molar-refractivity contribution in [3.8, 4) is 12.3 Å². The summed E-state index contributed by atoms with van der Waals surface area (Å²) in [5.74, 6) is 8.84. The molecule has 1 heterocycles. The molecule has 1 atom stereocenters. The van der Waals surface area contributed by atoms with Crippen LogP contribution in [0.4, 0.5) is 0 Å². The summed E-state index contributed by atoms with van der Waals surface area (Å²) in [6.45, 7) is 0. The maximum atomic E-state index is 5.42. The largest absolute Gasteiger partial charge is 0.453 e. The molecule has 1 unspecified atom stereocenters. The van der Waals surface area contributed by atoms with Gasteiger partial charge in [0.2, 0.25) is 0 Å². The minimum atomic E-state index is 0.0367. The molecule has 0 bridgehead atoms. The minimum Gasteiger partial charge on any atom is -0.453 e. The zero-order valence-corrected chi connectivity index (χ0v) is 9.38. The van der Waals surface area contributed by atoms with Crippen LogP contribution in [0.1, 0.15) is 31.1 Å². The summed E-state index contributed by atoms with van der Waals surface area (Å²) in [4.78, 5) is 0. The lowest BCUT2D eigenvalue weighted by molar-refractivity contribution is 0.386. The molecular weight excluding hydrogens is 244 g/mol. The van der Waals surface area contributed by atoms with Crippen LogP contribution in [0.15, 0.2) is 21.2 Å². The van der Waals surface area contributed by atoms with Gasteiger partial charge in [0.1, 0.15) is 5.76 Å². The third kappa shape index (κ3) is 3.18. The number of rotatable bonds is 5. The lowest BCUT2D eigenvalue weighted by Crippen LogP contribution is -2.27. The molecule has 0 amide bonds. The average molecular weight is 257 g/mol. The van der Waals surface area contributed by atoms with Crippen molar-refractivity contribution >= 4 is 15.9 Å². The van der Waals surface area contributed by atoms with Crippen LogP contribution in [0.25, 0.3) is 0 Å². The smallest absolute Gasteiger partial charge is 0.169 e. The molecule has 0 aliphatic rings. The van der Waals surface area contributed by atoms with Gasteiger partial charge < -0.3 is 4.42 Å². The van der Waals surface area contributed by atoms with Gasteiger partial charge in [0, 0.05) is 6.42 Å². The molecule has 0 aliphatic carbocycles. The number of hydrogen-bond donors (Lipinski definition) is 2. The molecule has 0 saturated carbocycles. The molecule has 1 aromatic heterocycles. The van der Waals surface area contributed by atoms with Crippen molar-refractivity contribution in [3.05, 3.63) is 22.6 Å². The number of nitrogens with one attached hydrogen (secondary N) is 1. The number of furan rings is 1. The quantitative estimate of drug-likeness (QED) is 0.368. The van der Waals surface area contributed by atoms with Gasteiger partial charge >= 0.3 is 0 Å². The Balaban J connectivity index is 2.50. The van der Waals surface area contributed by atoms with Gasteiger partial charge in [-0.15, -0.1) is 12.3 Å². The Bertz CT molecular complexity index is 316. The summed E-state index contributed by atoms with van der Waals surface area (Å²) >= 11 is 3.24.